The van der Waals surface area contributed by atoms with Crippen molar-refractivity contribution in [2.75, 3.05) is 67.6 Å². The third-order valence-corrected chi connectivity index (χ3v) is 3.36. The van der Waals surface area contributed by atoms with Gasteiger partial charge in [0, 0.05) is 6.42 Å². The van der Waals surface area contributed by atoms with E-state index in [1.807, 2.05) is 28.2 Å². The molecule has 0 aliphatic carbocycles. The molecule has 0 aromatic heterocycles. The largest absolute Gasteiger partial charge is 0.393 e. The Labute approximate surface area is 116 Å². The lowest BCUT2D eigenvalue weighted by Crippen LogP contribution is -2.50. The van der Waals surface area contributed by atoms with Crippen LogP contribution in [-0.4, -0.2) is 109 Å². The van der Waals surface area contributed by atoms with Gasteiger partial charge >= 0.3 is 0 Å². The van der Waals surface area contributed by atoms with Gasteiger partial charge in [-0.3, -0.25) is 0 Å². The zero-order valence-corrected chi connectivity index (χ0v) is 12.8. The number of hydrogen-bond acceptors (Lipinski definition) is 4. The van der Waals surface area contributed by atoms with Crippen molar-refractivity contribution in [3.8, 4) is 0 Å². The van der Waals surface area contributed by atoms with E-state index in [0.29, 0.717) is 22.1 Å². The summed E-state index contributed by atoms with van der Waals surface area (Å²) in [5.41, 5.74) is 0. The third-order valence-electron chi connectivity index (χ3n) is 3.36. The van der Waals surface area contributed by atoms with Gasteiger partial charge in [0.25, 0.3) is 0 Å². The molecule has 2 atom stereocenters. The van der Waals surface area contributed by atoms with Crippen molar-refractivity contribution in [3.05, 3.63) is 0 Å². The van der Waals surface area contributed by atoms with Crippen molar-refractivity contribution in [3.63, 3.8) is 0 Å². The summed E-state index contributed by atoms with van der Waals surface area (Å²) in [5, 5.41) is 36.7. The van der Waals surface area contributed by atoms with Gasteiger partial charge in [-0.2, -0.15) is 0 Å². The highest BCUT2D eigenvalue weighted by atomic mass is 16.3. The zero-order chi connectivity index (χ0) is 15.1. The first-order chi connectivity index (χ1) is 8.62. The predicted octanol–water partition coefficient (Wildman–Crippen LogP) is -1.76. The quantitative estimate of drug-likeness (QED) is 0.357. The Hall–Kier alpha value is -0.240. The molecule has 0 amide bonds. The Balaban J connectivity index is 4.06. The average molecular weight is 280 g/mol. The lowest BCUT2D eigenvalue weighted by Gasteiger charge is -2.35. The van der Waals surface area contributed by atoms with Gasteiger partial charge in [-0.1, -0.05) is 0 Å². The lowest BCUT2D eigenvalue weighted by atomic mass is 10.2. The Morgan fingerprint density at radius 2 is 1.05 bits per heavy atom. The van der Waals surface area contributed by atoms with Crippen molar-refractivity contribution in [2.24, 2.45) is 0 Å². The van der Waals surface area contributed by atoms with E-state index in [2.05, 4.69) is 0 Å². The first-order valence-electron chi connectivity index (χ1n) is 6.84. The highest BCUT2D eigenvalue weighted by molar-refractivity contribution is 4.52. The summed E-state index contributed by atoms with van der Waals surface area (Å²) in [6.07, 6.45) is -0.390. The SMILES string of the molecule is C[N+](C)(CCC[N+](C)(C)CC(O)CO)CC(O)CO. The maximum absolute atomic E-state index is 9.47. The highest BCUT2D eigenvalue weighted by Crippen LogP contribution is 2.06. The Morgan fingerprint density at radius 3 is 1.32 bits per heavy atom. The molecule has 0 bridgehead atoms. The summed E-state index contributed by atoms with van der Waals surface area (Å²) in [6.45, 7) is 2.45. The zero-order valence-electron chi connectivity index (χ0n) is 12.8. The van der Waals surface area contributed by atoms with Crippen LogP contribution >= 0.6 is 0 Å². The summed E-state index contributed by atoms with van der Waals surface area (Å²) < 4.78 is 1.31. The number of aliphatic hydroxyl groups is 4. The minimum atomic E-state index is -0.672. The van der Waals surface area contributed by atoms with Crippen molar-refractivity contribution in [1.82, 2.24) is 0 Å². The molecule has 0 radical (unpaired) electrons. The predicted molar refractivity (Wildman–Crippen MR) is 74.5 cm³/mol. The maximum Gasteiger partial charge on any atom is 0.126 e. The van der Waals surface area contributed by atoms with Crippen LogP contribution in [0.4, 0.5) is 0 Å². The molecular weight excluding hydrogens is 248 g/mol. The van der Waals surface area contributed by atoms with E-state index in [4.69, 9.17) is 10.2 Å². The molecule has 0 aliphatic heterocycles. The second-order valence-corrected chi connectivity index (χ2v) is 6.71. The molecule has 0 rings (SSSR count). The van der Waals surface area contributed by atoms with Gasteiger partial charge in [0.2, 0.25) is 0 Å². The molecular formula is C13H32N2O4+2. The van der Waals surface area contributed by atoms with Gasteiger partial charge in [-0.25, -0.2) is 0 Å². The molecule has 116 valence electrons. The normalized spacial score (nSPS) is 16.4. The molecule has 6 nitrogen and oxygen atoms in total. The van der Waals surface area contributed by atoms with Crippen molar-refractivity contribution < 1.29 is 29.4 Å². The first-order valence-corrected chi connectivity index (χ1v) is 6.84. The molecule has 0 aromatic carbocycles. The van der Waals surface area contributed by atoms with Gasteiger partial charge in [0.1, 0.15) is 25.3 Å². The van der Waals surface area contributed by atoms with E-state index >= 15 is 0 Å². The van der Waals surface area contributed by atoms with Gasteiger partial charge in [0.15, 0.2) is 0 Å². The third kappa shape index (κ3) is 9.32. The maximum atomic E-state index is 9.47. The van der Waals surface area contributed by atoms with Gasteiger partial charge in [-0.05, 0) is 0 Å². The average Bonchev–Trinajstić information content (AvgIpc) is 2.26. The van der Waals surface area contributed by atoms with Crippen molar-refractivity contribution >= 4 is 0 Å². The number of nitrogens with zero attached hydrogens (tertiary/aromatic N) is 2. The molecule has 0 heterocycles. The fraction of sp³-hybridized carbons (Fsp3) is 1.00. The van der Waals surface area contributed by atoms with Crippen LogP contribution in [0.1, 0.15) is 6.42 Å². The van der Waals surface area contributed by atoms with Crippen LogP contribution in [0.5, 0.6) is 0 Å². The second-order valence-electron chi connectivity index (χ2n) is 6.71. The number of quaternary nitrogens is 2. The Morgan fingerprint density at radius 1 is 0.737 bits per heavy atom. The summed E-state index contributed by atoms with van der Waals surface area (Å²) in [4.78, 5) is 0. The summed E-state index contributed by atoms with van der Waals surface area (Å²) in [7, 11) is 8.12. The molecule has 0 fully saturated rings. The lowest BCUT2D eigenvalue weighted by molar-refractivity contribution is -0.912. The molecule has 4 N–H and O–H groups in total. The standard InChI is InChI=1S/C13H32N2O4/c1-14(2,8-12(18)10-16)6-5-7-15(3,4)9-13(19)11-17/h12-13,16-19H,5-11H2,1-4H3/q+2. The number of likely N-dealkylation sites (N-methyl/N-ethyl adjacent to an activating group) is 2. The topological polar surface area (TPSA) is 80.9 Å². The first kappa shape index (κ1) is 18.8. The van der Waals surface area contributed by atoms with Crippen LogP contribution in [0.15, 0.2) is 0 Å². The molecule has 0 saturated heterocycles. The summed E-state index contributed by atoms with van der Waals surface area (Å²) >= 11 is 0. The van der Waals surface area contributed by atoms with Gasteiger partial charge in [0.05, 0.1) is 54.5 Å². The smallest absolute Gasteiger partial charge is 0.126 e. The monoisotopic (exact) mass is 280 g/mol. The van der Waals surface area contributed by atoms with Crippen LogP contribution < -0.4 is 0 Å². The van der Waals surface area contributed by atoms with Crippen molar-refractivity contribution in [1.29, 1.82) is 0 Å². The fourth-order valence-electron chi connectivity index (χ4n) is 2.37. The van der Waals surface area contributed by atoms with Gasteiger partial charge in [-0.15, -0.1) is 0 Å². The molecule has 0 aromatic rings. The Bertz CT molecular complexity index is 223. The highest BCUT2D eigenvalue weighted by Gasteiger charge is 2.24. The van der Waals surface area contributed by atoms with Crippen molar-refractivity contribution in [2.45, 2.75) is 18.6 Å². The molecule has 0 spiro atoms. The molecule has 19 heavy (non-hydrogen) atoms. The van der Waals surface area contributed by atoms with Gasteiger partial charge < -0.3 is 29.4 Å². The molecule has 2 unspecified atom stereocenters. The summed E-state index contributed by atoms with van der Waals surface area (Å²) in [5.74, 6) is 0. The van der Waals surface area contributed by atoms with E-state index in [0.717, 1.165) is 19.5 Å². The molecule has 0 aliphatic rings. The van der Waals surface area contributed by atoms with E-state index < -0.39 is 12.2 Å². The molecule has 6 heteroatoms. The number of hydrogen-bond donors (Lipinski definition) is 4. The minimum Gasteiger partial charge on any atom is -0.393 e. The number of aliphatic hydroxyl groups excluding tert-OH is 4. The van der Waals surface area contributed by atoms with Crippen LogP contribution in [0.25, 0.3) is 0 Å². The Kier molecular flexibility index (Phi) is 8.03. The number of rotatable bonds is 10. The van der Waals surface area contributed by atoms with E-state index in [1.54, 1.807) is 0 Å². The van der Waals surface area contributed by atoms with E-state index in [1.165, 1.54) is 0 Å². The van der Waals surface area contributed by atoms with Crippen LogP contribution in [0.2, 0.25) is 0 Å². The van der Waals surface area contributed by atoms with Crippen LogP contribution in [-0.2, 0) is 0 Å². The van der Waals surface area contributed by atoms with E-state index in [-0.39, 0.29) is 13.2 Å². The second kappa shape index (κ2) is 8.14. The fourth-order valence-corrected chi connectivity index (χ4v) is 2.37. The van der Waals surface area contributed by atoms with Crippen LogP contribution in [0, 0.1) is 0 Å². The van der Waals surface area contributed by atoms with E-state index in [9.17, 15) is 10.2 Å². The minimum absolute atomic E-state index is 0.202. The molecule has 0 saturated carbocycles. The van der Waals surface area contributed by atoms with Crippen LogP contribution in [0.3, 0.4) is 0 Å². The summed E-state index contributed by atoms with van der Waals surface area (Å²) in [6, 6.07) is 0.